The number of fused-ring (bicyclic) bond motifs is 1. The number of nitrogen functional groups attached to an aromatic ring is 1. The SMILES string of the molecule is CC1CCC(NC(=O)c2n[nH]c3ccc(N)cc23)C1. The fraction of sp³-hybridized carbons (Fsp3) is 0.429. The maximum absolute atomic E-state index is 12.3. The van der Waals surface area contributed by atoms with Gasteiger partial charge < -0.3 is 11.1 Å². The number of rotatable bonds is 2. The van der Waals surface area contributed by atoms with Gasteiger partial charge in [0.05, 0.1) is 5.52 Å². The van der Waals surface area contributed by atoms with E-state index in [4.69, 9.17) is 5.73 Å². The Bertz CT molecular complexity index is 619. The van der Waals surface area contributed by atoms with Crippen molar-refractivity contribution in [1.82, 2.24) is 15.5 Å². The molecule has 0 radical (unpaired) electrons. The summed E-state index contributed by atoms with van der Waals surface area (Å²) in [7, 11) is 0. The van der Waals surface area contributed by atoms with E-state index in [-0.39, 0.29) is 11.9 Å². The number of aromatic nitrogens is 2. The van der Waals surface area contributed by atoms with Crippen LogP contribution in [0.5, 0.6) is 0 Å². The fourth-order valence-corrected chi connectivity index (χ4v) is 2.80. The molecule has 3 rings (SSSR count). The number of carbonyl (C=O) groups is 1. The van der Waals surface area contributed by atoms with Gasteiger partial charge in [0.15, 0.2) is 5.69 Å². The van der Waals surface area contributed by atoms with Crippen LogP contribution in [0, 0.1) is 5.92 Å². The van der Waals surface area contributed by atoms with E-state index in [1.54, 1.807) is 12.1 Å². The van der Waals surface area contributed by atoms with Gasteiger partial charge in [-0.05, 0) is 43.4 Å². The lowest BCUT2D eigenvalue weighted by molar-refractivity contribution is 0.0934. The Balaban J connectivity index is 1.83. The molecule has 1 aromatic heterocycles. The Labute approximate surface area is 111 Å². The second-order valence-electron chi connectivity index (χ2n) is 5.47. The van der Waals surface area contributed by atoms with E-state index in [9.17, 15) is 4.79 Å². The maximum atomic E-state index is 12.3. The van der Waals surface area contributed by atoms with E-state index in [0.717, 1.165) is 23.7 Å². The first kappa shape index (κ1) is 12.0. The third kappa shape index (κ3) is 2.28. The van der Waals surface area contributed by atoms with Crippen molar-refractivity contribution in [1.29, 1.82) is 0 Å². The zero-order valence-electron chi connectivity index (χ0n) is 10.9. The molecule has 1 aliphatic rings. The van der Waals surface area contributed by atoms with Crippen molar-refractivity contribution in [2.75, 3.05) is 5.73 Å². The number of nitrogens with two attached hydrogens (primary N) is 1. The Morgan fingerprint density at radius 3 is 3.05 bits per heavy atom. The standard InChI is InChI=1S/C14H18N4O/c1-8-2-4-10(6-8)16-14(19)13-11-7-9(15)3-5-12(11)17-18-13/h3,5,7-8,10H,2,4,6,15H2,1H3,(H,16,19)(H,17,18). The van der Waals surface area contributed by atoms with Crippen LogP contribution in [-0.4, -0.2) is 22.1 Å². The molecular weight excluding hydrogens is 240 g/mol. The second kappa shape index (κ2) is 4.57. The van der Waals surface area contributed by atoms with Gasteiger partial charge in [0.25, 0.3) is 5.91 Å². The van der Waals surface area contributed by atoms with Crippen LogP contribution in [0.2, 0.25) is 0 Å². The number of H-pyrrole nitrogens is 1. The first-order valence-electron chi connectivity index (χ1n) is 6.68. The van der Waals surface area contributed by atoms with Crippen molar-refractivity contribution in [3.63, 3.8) is 0 Å². The minimum Gasteiger partial charge on any atom is -0.399 e. The quantitative estimate of drug-likeness (QED) is 0.721. The molecule has 2 unspecified atom stereocenters. The summed E-state index contributed by atoms with van der Waals surface area (Å²) in [6, 6.07) is 5.69. The number of nitrogens with one attached hydrogen (secondary N) is 2. The highest BCUT2D eigenvalue weighted by Crippen LogP contribution is 2.25. The van der Waals surface area contributed by atoms with Crippen LogP contribution in [0.3, 0.4) is 0 Å². The molecule has 100 valence electrons. The lowest BCUT2D eigenvalue weighted by atomic mass is 10.1. The molecule has 1 saturated carbocycles. The van der Waals surface area contributed by atoms with E-state index < -0.39 is 0 Å². The topological polar surface area (TPSA) is 83.8 Å². The largest absolute Gasteiger partial charge is 0.399 e. The van der Waals surface area contributed by atoms with Gasteiger partial charge in [-0.2, -0.15) is 5.10 Å². The molecule has 0 saturated heterocycles. The van der Waals surface area contributed by atoms with Crippen molar-refractivity contribution in [2.45, 2.75) is 32.2 Å². The summed E-state index contributed by atoms with van der Waals surface area (Å²) in [5.41, 5.74) is 7.66. The minimum absolute atomic E-state index is 0.115. The number of carbonyl (C=O) groups excluding carboxylic acids is 1. The van der Waals surface area contributed by atoms with Crippen LogP contribution in [-0.2, 0) is 0 Å². The highest BCUT2D eigenvalue weighted by Gasteiger charge is 2.24. The van der Waals surface area contributed by atoms with Gasteiger partial charge in [-0.25, -0.2) is 0 Å². The van der Waals surface area contributed by atoms with E-state index in [2.05, 4.69) is 22.4 Å². The van der Waals surface area contributed by atoms with Crippen molar-refractivity contribution in [2.24, 2.45) is 5.92 Å². The summed E-state index contributed by atoms with van der Waals surface area (Å²) in [5, 5.41) is 10.8. The number of hydrogen-bond acceptors (Lipinski definition) is 3. The fourth-order valence-electron chi connectivity index (χ4n) is 2.80. The van der Waals surface area contributed by atoms with Crippen LogP contribution in [0.15, 0.2) is 18.2 Å². The number of nitrogens with zero attached hydrogens (tertiary/aromatic N) is 1. The van der Waals surface area contributed by atoms with Crippen molar-refractivity contribution in [3.8, 4) is 0 Å². The van der Waals surface area contributed by atoms with Gasteiger partial charge in [-0.3, -0.25) is 9.89 Å². The van der Waals surface area contributed by atoms with Gasteiger partial charge in [0.1, 0.15) is 0 Å². The van der Waals surface area contributed by atoms with Gasteiger partial charge in [-0.15, -0.1) is 0 Å². The third-order valence-corrected chi connectivity index (χ3v) is 3.83. The molecule has 0 bridgehead atoms. The van der Waals surface area contributed by atoms with Crippen LogP contribution in [0.25, 0.3) is 10.9 Å². The molecule has 1 aliphatic carbocycles. The van der Waals surface area contributed by atoms with Gasteiger partial charge >= 0.3 is 0 Å². The second-order valence-corrected chi connectivity index (χ2v) is 5.47. The number of hydrogen-bond donors (Lipinski definition) is 3. The molecule has 5 heteroatoms. The zero-order valence-corrected chi connectivity index (χ0v) is 10.9. The molecule has 4 N–H and O–H groups in total. The summed E-state index contributed by atoms with van der Waals surface area (Å²) < 4.78 is 0. The van der Waals surface area contributed by atoms with E-state index in [0.29, 0.717) is 17.3 Å². The first-order valence-corrected chi connectivity index (χ1v) is 6.68. The zero-order chi connectivity index (χ0) is 13.4. The van der Waals surface area contributed by atoms with Gasteiger partial charge in [0, 0.05) is 17.1 Å². The van der Waals surface area contributed by atoms with E-state index in [1.807, 2.05) is 6.07 Å². The summed E-state index contributed by atoms with van der Waals surface area (Å²) in [4.78, 5) is 12.3. The predicted octanol–water partition coefficient (Wildman–Crippen LogP) is 2.06. The molecule has 1 aromatic carbocycles. The molecule has 2 atom stereocenters. The summed E-state index contributed by atoms with van der Waals surface area (Å²) in [5.74, 6) is 0.577. The lowest BCUT2D eigenvalue weighted by Gasteiger charge is -2.11. The number of amides is 1. The minimum atomic E-state index is -0.115. The van der Waals surface area contributed by atoms with E-state index in [1.165, 1.54) is 6.42 Å². The molecule has 0 spiro atoms. The Morgan fingerprint density at radius 2 is 2.32 bits per heavy atom. The Kier molecular flexibility index (Phi) is 2.89. The maximum Gasteiger partial charge on any atom is 0.272 e. The normalized spacial score (nSPS) is 22.8. The average molecular weight is 258 g/mol. The Hall–Kier alpha value is -2.04. The van der Waals surface area contributed by atoms with Gasteiger partial charge in [0.2, 0.25) is 0 Å². The third-order valence-electron chi connectivity index (χ3n) is 3.83. The molecule has 1 amide bonds. The van der Waals surface area contributed by atoms with Crippen LogP contribution in [0.1, 0.15) is 36.7 Å². The predicted molar refractivity (Wildman–Crippen MR) is 74.8 cm³/mol. The van der Waals surface area contributed by atoms with Crippen molar-refractivity contribution in [3.05, 3.63) is 23.9 Å². The highest BCUT2D eigenvalue weighted by molar-refractivity contribution is 6.05. The number of benzene rings is 1. The molecule has 2 aromatic rings. The van der Waals surface area contributed by atoms with Crippen molar-refractivity contribution < 1.29 is 4.79 Å². The van der Waals surface area contributed by atoms with Gasteiger partial charge in [-0.1, -0.05) is 6.92 Å². The number of anilines is 1. The molecular formula is C14H18N4O. The summed E-state index contributed by atoms with van der Waals surface area (Å²) >= 11 is 0. The molecule has 0 aliphatic heterocycles. The van der Waals surface area contributed by atoms with Crippen molar-refractivity contribution >= 4 is 22.5 Å². The van der Waals surface area contributed by atoms with Crippen LogP contribution < -0.4 is 11.1 Å². The summed E-state index contributed by atoms with van der Waals surface area (Å²) in [6.07, 6.45) is 3.28. The van der Waals surface area contributed by atoms with Crippen LogP contribution in [0.4, 0.5) is 5.69 Å². The molecule has 1 heterocycles. The lowest BCUT2D eigenvalue weighted by Crippen LogP contribution is -2.33. The van der Waals surface area contributed by atoms with E-state index >= 15 is 0 Å². The first-order chi connectivity index (χ1) is 9.13. The monoisotopic (exact) mass is 258 g/mol. The molecule has 5 nitrogen and oxygen atoms in total. The number of aromatic amines is 1. The summed E-state index contributed by atoms with van der Waals surface area (Å²) in [6.45, 7) is 2.22. The Morgan fingerprint density at radius 1 is 1.47 bits per heavy atom. The highest BCUT2D eigenvalue weighted by atomic mass is 16.2. The molecule has 1 fully saturated rings. The molecule has 19 heavy (non-hydrogen) atoms. The smallest absolute Gasteiger partial charge is 0.272 e. The average Bonchev–Trinajstić information content (AvgIpc) is 2.95. The van der Waals surface area contributed by atoms with Crippen LogP contribution >= 0.6 is 0 Å².